The maximum atomic E-state index is 11.7. The molecule has 0 heterocycles. The van der Waals surface area contributed by atoms with Crippen LogP contribution >= 0.6 is 15.9 Å². The number of carbonyl (C=O) groups excluding carboxylic acids is 1. The minimum atomic E-state index is -0.504. The van der Waals surface area contributed by atoms with Gasteiger partial charge in [0.15, 0.2) is 0 Å². The molecule has 0 fully saturated rings. The summed E-state index contributed by atoms with van der Waals surface area (Å²) in [6.07, 6.45) is 0.696. The van der Waals surface area contributed by atoms with Crippen LogP contribution in [0, 0.1) is 10.1 Å². The van der Waals surface area contributed by atoms with E-state index in [-0.39, 0.29) is 5.69 Å². The van der Waals surface area contributed by atoms with Gasteiger partial charge in [0.2, 0.25) is 0 Å². The standard InChI is InChI=1S/C15H14BrN3O3/c16-12-4-1-3-11(9-12)7-8-17-15(20)18-13-5-2-6-14(10-13)19(21)22/h1-6,9-10H,7-8H2,(H2,17,18,20). The number of benzene rings is 2. The lowest BCUT2D eigenvalue weighted by Gasteiger charge is -2.08. The van der Waals surface area contributed by atoms with Gasteiger partial charge in [0.1, 0.15) is 0 Å². The third kappa shape index (κ3) is 4.85. The Morgan fingerprint density at radius 3 is 2.68 bits per heavy atom. The van der Waals surface area contributed by atoms with Crippen molar-refractivity contribution < 1.29 is 9.72 Å². The van der Waals surface area contributed by atoms with Gasteiger partial charge in [-0.2, -0.15) is 0 Å². The first-order valence-corrected chi connectivity index (χ1v) is 7.37. The second-order valence-corrected chi connectivity index (χ2v) is 5.48. The minimum Gasteiger partial charge on any atom is -0.338 e. The smallest absolute Gasteiger partial charge is 0.319 e. The second kappa shape index (κ2) is 7.56. The Hall–Kier alpha value is -2.41. The average Bonchev–Trinajstić information content (AvgIpc) is 2.47. The fraction of sp³-hybridized carbons (Fsp3) is 0.133. The fourth-order valence-electron chi connectivity index (χ4n) is 1.89. The van der Waals surface area contributed by atoms with Gasteiger partial charge < -0.3 is 10.6 Å². The SMILES string of the molecule is O=C(NCCc1cccc(Br)c1)Nc1cccc([N+](=O)[O-])c1. The van der Waals surface area contributed by atoms with Gasteiger partial charge in [-0.15, -0.1) is 0 Å². The summed E-state index contributed by atoms with van der Waals surface area (Å²) in [5, 5.41) is 16.0. The zero-order chi connectivity index (χ0) is 15.9. The predicted molar refractivity (Wildman–Crippen MR) is 88.0 cm³/mol. The van der Waals surface area contributed by atoms with Crippen LogP contribution in [-0.4, -0.2) is 17.5 Å². The Morgan fingerprint density at radius 2 is 1.95 bits per heavy atom. The van der Waals surface area contributed by atoms with Gasteiger partial charge >= 0.3 is 6.03 Å². The third-order valence-corrected chi connectivity index (χ3v) is 3.40. The van der Waals surface area contributed by atoms with Crippen molar-refractivity contribution >= 4 is 33.3 Å². The van der Waals surface area contributed by atoms with Crippen LogP contribution < -0.4 is 10.6 Å². The van der Waals surface area contributed by atoms with Crippen molar-refractivity contribution in [3.05, 3.63) is 68.7 Å². The van der Waals surface area contributed by atoms with E-state index < -0.39 is 11.0 Å². The monoisotopic (exact) mass is 363 g/mol. The molecule has 0 aromatic heterocycles. The van der Waals surface area contributed by atoms with Crippen LogP contribution in [0.5, 0.6) is 0 Å². The van der Waals surface area contributed by atoms with Crippen molar-refractivity contribution in [1.82, 2.24) is 5.32 Å². The second-order valence-electron chi connectivity index (χ2n) is 4.57. The maximum absolute atomic E-state index is 11.7. The van der Waals surface area contributed by atoms with E-state index in [1.807, 2.05) is 24.3 Å². The summed E-state index contributed by atoms with van der Waals surface area (Å²) >= 11 is 3.39. The number of non-ortho nitro benzene ring substituents is 1. The molecule has 2 amide bonds. The molecule has 0 radical (unpaired) electrons. The van der Waals surface area contributed by atoms with Crippen LogP contribution in [0.25, 0.3) is 0 Å². The Morgan fingerprint density at radius 1 is 1.18 bits per heavy atom. The quantitative estimate of drug-likeness (QED) is 0.626. The topological polar surface area (TPSA) is 84.3 Å². The molecule has 0 unspecified atom stereocenters. The summed E-state index contributed by atoms with van der Waals surface area (Å²) in [6, 6.07) is 13.2. The van der Waals surface area contributed by atoms with E-state index >= 15 is 0 Å². The van der Waals surface area contributed by atoms with Gasteiger partial charge in [-0.25, -0.2) is 4.79 Å². The molecule has 6 nitrogen and oxygen atoms in total. The molecule has 7 heteroatoms. The third-order valence-electron chi connectivity index (χ3n) is 2.90. The number of anilines is 1. The fourth-order valence-corrected chi connectivity index (χ4v) is 2.33. The van der Waals surface area contributed by atoms with Gasteiger partial charge in [0.25, 0.3) is 5.69 Å². The van der Waals surface area contributed by atoms with Crippen molar-refractivity contribution in [2.24, 2.45) is 0 Å². The van der Waals surface area contributed by atoms with Crippen LogP contribution in [0.1, 0.15) is 5.56 Å². The van der Waals surface area contributed by atoms with Gasteiger partial charge in [-0.1, -0.05) is 34.1 Å². The predicted octanol–water partition coefficient (Wildman–Crippen LogP) is 3.72. The van der Waals surface area contributed by atoms with Crippen LogP contribution in [0.4, 0.5) is 16.2 Å². The number of nitro benzene ring substituents is 1. The number of urea groups is 1. The summed E-state index contributed by atoms with van der Waals surface area (Å²) in [7, 11) is 0. The molecule has 0 aliphatic rings. The molecule has 0 spiro atoms. The first kappa shape index (κ1) is 16.0. The normalized spacial score (nSPS) is 10.0. The molecular weight excluding hydrogens is 350 g/mol. The summed E-state index contributed by atoms with van der Waals surface area (Å²) in [6.45, 7) is 0.469. The highest BCUT2D eigenvalue weighted by molar-refractivity contribution is 9.10. The molecule has 2 N–H and O–H groups in total. The zero-order valence-electron chi connectivity index (χ0n) is 11.6. The summed E-state index contributed by atoms with van der Waals surface area (Å²) in [4.78, 5) is 21.9. The number of hydrogen-bond donors (Lipinski definition) is 2. The van der Waals surface area contributed by atoms with E-state index in [0.29, 0.717) is 18.7 Å². The van der Waals surface area contributed by atoms with Crippen molar-refractivity contribution in [2.75, 3.05) is 11.9 Å². The molecular formula is C15H14BrN3O3. The molecule has 0 bridgehead atoms. The highest BCUT2D eigenvalue weighted by Gasteiger charge is 2.07. The first-order chi connectivity index (χ1) is 10.5. The van der Waals surface area contributed by atoms with E-state index in [4.69, 9.17) is 0 Å². The summed E-state index contributed by atoms with van der Waals surface area (Å²) < 4.78 is 0.992. The van der Waals surface area contributed by atoms with Crippen molar-refractivity contribution in [3.8, 4) is 0 Å². The molecule has 0 saturated carbocycles. The molecule has 0 atom stereocenters. The zero-order valence-corrected chi connectivity index (χ0v) is 13.2. The summed E-state index contributed by atoms with van der Waals surface area (Å²) in [5.41, 5.74) is 1.42. The number of halogens is 1. The van der Waals surface area contributed by atoms with Gasteiger partial charge in [0, 0.05) is 28.8 Å². The Bertz CT molecular complexity index is 691. The number of hydrogen-bond acceptors (Lipinski definition) is 3. The van der Waals surface area contributed by atoms with E-state index in [2.05, 4.69) is 26.6 Å². The molecule has 114 valence electrons. The highest BCUT2D eigenvalue weighted by Crippen LogP contribution is 2.16. The van der Waals surface area contributed by atoms with Crippen LogP contribution in [0.3, 0.4) is 0 Å². The van der Waals surface area contributed by atoms with Gasteiger partial charge in [-0.05, 0) is 30.2 Å². The lowest BCUT2D eigenvalue weighted by molar-refractivity contribution is -0.384. The molecule has 2 aromatic rings. The largest absolute Gasteiger partial charge is 0.338 e. The molecule has 2 rings (SSSR count). The van der Waals surface area contributed by atoms with Crippen molar-refractivity contribution in [2.45, 2.75) is 6.42 Å². The van der Waals surface area contributed by atoms with E-state index in [0.717, 1.165) is 10.0 Å². The van der Waals surface area contributed by atoms with Crippen molar-refractivity contribution in [3.63, 3.8) is 0 Å². The van der Waals surface area contributed by atoms with Crippen LogP contribution in [0.2, 0.25) is 0 Å². The molecule has 0 aliphatic carbocycles. The number of amides is 2. The first-order valence-electron chi connectivity index (χ1n) is 6.58. The number of nitrogens with one attached hydrogen (secondary N) is 2. The van der Waals surface area contributed by atoms with E-state index in [1.165, 1.54) is 18.2 Å². The van der Waals surface area contributed by atoms with Crippen molar-refractivity contribution in [1.29, 1.82) is 0 Å². The summed E-state index contributed by atoms with van der Waals surface area (Å²) in [5.74, 6) is 0. The van der Waals surface area contributed by atoms with Gasteiger partial charge in [-0.3, -0.25) is 10.1 Å². The molecule has 22 heavy (non-hydrogen) atoms. The molecule has 0 saturated heterocycles. The molecule has 2 aromatic carbocycles. The van der Waals surface area contributed by atoms with E-state index in [1.54, 1.807) is 6.07 Å². The average molecular weight is 364 g/mol. The van der Waals surface area contributed by atoms with Crippen LogP contribution in [0.15, 0.2) is 53.0 Å². The molecule has 0 aliphatic heterocycles. The maximum Gasteiger partial charge on any atom is 0.319 e. The lowest BCUT2D eigenvalue weighted by atomic mass is 10.1. The number of rotatable bonds is 5. The Kier molecular flexibility index (Phi) is 5.48. The minimum absolute atomic E-state index is 0.0630. The Balaban J connectivity index is 1.83. The number of nitrogens with zero attached hydrogens (tertiary/aromatic N) is 1. The number of carbonyl (C=O) groups is 1. The van der Waals surface area contributed by atoms with Crippen LogP contribution in [-0.2, 0) is 6.42 Å². The van der Waals surface area contributed by atoms with E-state index in [9.17, 15) is 14.9 Å². The Labute approximate surface area is 135 Å². The lowest BCUT2D eigenvalue weighted by Crippen LogP contribution is -2.30. The number of nitro groups is 1. The van der Waals surface area contributed by atoms with Gasteiger partial charge in [0.05, 0.1) is 4.92 Å². The highest BCUT2D eigenvalue weighted by atomic mass is 79.9.